The number of anilines is 1. The maximum Gasteiger partial charge on any atom is 0.274 e. The van der Waals surface area contributed by atoms with Crippen molar-refractivity contribution < 1.29 is 4.79 Å². The minimum atomic E-state index is -0.0793. The fourth-order valence-electron chi connectivity index (χ4n) is 1.20. The molecular formula is C9H16N4O. The number of nitrogen functional groups attached to an aromatic ring is 1. The van der Waals surface area contributed by atoms with Gasteiger partial charge in [0.2, 0.25) is 0 Å². The molecule has 0 aliphatic heterocycles. The van der Waals surface area contributed by atoms with Crippen LogP contribution in [-0.2, 0) is 6.54 Å². The van der Waals surface area contributed by atoms with Crippen LogP contribution in [0.15, 0.2) is 6.20 Å². The molecule has 0 aliphatic carbocycles. The van der Waals surface area contributed by atoms with Crippen molar-refractivity contribution >= 4 is 11.6 Å². The lowest BCUT2D eigenvalue weighted by molar-refractivity contribution is 0.0791. The number of amides is 1. The smallest absolute Gasteiger partial charge is 0.274 e. The maximum absolute atomic E-state index is 11.8. The molecule has 78 valence electrons. The highest BCUT2D eigenvalue weighted by molar-refractivity contribution is 5.97. The van der Waals surface area contributed by atoms with Gasteiger partial charge in [-0.1, -0.05) is 0 Å². The Kier molecular flexibility index (Phi) is 3.11. The third-order valence-electron chi connectivity index (χ3n) is 2.19. The van der Waals surface area contributed by atoms with Crippen LogP contribution in [0.5, 0.6) is 0 Å². The molecule has 1 heterocycles. The van der Waals surface area contributed by atoms with Crippen LogP contribution in [0.25, 0.3) is 0 Å². The summed E-state index contributed by atoms with van der Waals surface area (Å²) in [7, 11) is 1.74. The lowest BCUT2D eigenvalue weighted by atomic mass is 10.3. The predicted molar refractivity (Wildman–Crippen MR) is 54.9 cm³/mol. The van der Waals surface area contributed by atoms with Crippen molar-refractivity contribution in [2.75, 3.05) is 19.3 Å². The highest BCUT2D eigenvalue weighted by atomic mass is 16.2. The number of nitrogens with zero attached hydrogens (tertiary/aromatic N) is 3. The zero-order valence-electron chi connectivity index (χ0n) is 8.82. The van der Waals surface area contributed by atoms with E-state index in [0.29, 0.717) is 24.5 Å². The van der Waals surface area contributed by atoms with E-state index in [4.69, 9.17) is 5.73 Å². The van der Waals surface area contributed by atoms with Crippen molar-refractivity contribution in [3.8, 4) is 0 Å². The summed E-state index contributed by atoms with van der Waals surface area (Å²) >= 11 is 0. The summed E-state index contributed by atoms with van der Waals surface area (Å²) in [5.41, 5.74) is 6.60. The van der Waals surface area contributed by atoms with Gasteiger partial charge in [0, 0.05) is 20.1 Å². The number of rotatable bonds is 3. The number of aryl methyl sites for hydroxylation is 1. The van der Waals surface area contributed by atoms with Crippen LogP contribution in [-0.4, -0.2) is 34.2 Å². The molecule has 0 bridgehead atoms. The molecule has 1 aromatic rings. The van der Waals surface area contributed by atoms with E-state index in [2.05, 4.69) is 5.10 Å². The Bertz CT molecular complexity index is 332. The Morgan fingerprint density at radius 1 is 1.64 bits per heavy atom. The van der Waals surface area contributed by atoms with Gasteiger partial charge in [-0.05, 0) is 13.8 Å². The number of hydrogen-bond acceptors (Lipinski definition) is 3. The number of carbonyl (C=O) groups excluding carboxylic acids is 1. The molecule has 0 spiro atoms. The first-order valence-electron chi connectivity index (χ1n) is 4.68. The van der Waals surface area contributed by atoms with Crippen LogP contribution in [0.1, 0.15) is 24.3 Å². The van der Waals surface area contributed by atoms with E-state index in [1.807, 2.05) is 13.8 Å². The van der Waals surface area contributed by atoms with Crippen molar-refractivity contribution in [1.82, 2.24) is 14.7 Å². The topological polar surface area (TPSA) is 64.2 Å². The van der Waals surface area contributed by atoms with E-state index in [1.165, 1.54) is 6.20 Å². The summed E-state index contributed by atoms with van der Waals surface area (Å²) < 4.78 is 1.61. The van der Waals surface area contributed by atoms with Crippen LogP contribution >= 0.6 is 0 Å². The van der Waals surface area contributed by atoms with Crippen molar-refractivity contribution in [3.05, 3.63) is 11.9 Å². The number of aromatic nitrogens is 2. The molecule has 5 nitrogen and oxygen atoms in total. The molecule has 0 saturated carbocycles. The molecule has 0 unspecified atom stereocenters. The van der Waals surface area contributed by atoms with E-state index >= 15 is 0 Å². The Balaban J connectivity index is 3.04. The Morgan fingerprint density at radius 2 is 2.29 bits per heavy atom. The molecule has 1 aromatic heterocycles. The minimum absolute atomic E-state index is 0.0793. The second-order valence-corrected chi connectivity index (χ2v) is 3.08. The van der Waals surface area contributed by atoms with Gasteiger partial charge in [0.15, 0.2) is 0 Å². The molecule has 5 heteroatoms. The van der Waals surface area contributed by atoms with Crippen molar-refractivity contribution in [2.24, 2.45) is 0 Å². The van der Waals surface area contributed by atoms with Crippen LogP contribution in [0.3, 0.4) is 0 Å². The van der Waals surface area contributed by atoms with Crippen LogP contribution in [0.4, 0.5) is 5.69 Å². The summed E-state index contributed by atoms with van der Waals surface area (Å²) in [5, 5.41) is 4.02. The summed E-state index contributed by atoms with van der Waals surface area (Å²) in [4.78, 5) is 13.4. The molecule has 0 atom stereocenters. The highest BCUT2D eigenvalue weighted by Gasteiger charge is 2.18. The first-order chi connectivity index (χ1) is 6.61. The van der Waals surface area contributed by atoms with Crippen LogP contribution in [0.2, 0.25) is 0 Å². The Hall–Kier alpha value is -1.52. The molecule has 0 aromatic carbocycles. The van der Waals surface area contributed by atoms with Crippen molar-refractivity contribution in [1.29, 1.82) is 0 Å². The Labute approximate surface area is 83.5 Å². The second-order valence-electron chi connectivity index (χ2n) is 3.08. The zero-order valence-corrected chi connectivity index (χ0v) is 8.82. The van der Waals surface area contributed by atoms with Gasteiger partial charge in [-0.2, -0.15) is 5.10 Å². The number of nitrogens with two attached hydrogens (primary N) is 1. The van der Waals surface area contributed by atoms with Gasteiger partial charge >= 0.3 is 0 Å². The lowest BCUT2D eigenvalue weighted by Gasteiger charge is -2.15. The summed E-state index contributed by atoms with van der Waals surface area (Å²) in [6.45, 7) is 5.15. The molecule has 0 fully saturated rings. The normalized spacial score (nSPS) is 10.2. The van der Waals surface area contributed by atoms with Gasteiger partial charge in [-0.3, -0.25) is 9.48 Å². The lowest BCUT2D eigenvalue weighted by Crippen LogP contribution is -2.29. The third kappa shape index (κ3) is 1.71. The molecule has 0 aliphatic rings. The number of carbonyl (C=O) groups is 1. The standard InChI is InChI=1S/C9H16N4O/c1-4-12(3)9(14)8-7(10)6-11-13(8)5-2/h6H,4-5,10H2,1-3H3. The van der Waals surface area contributed by atoms with E-state index in [0.717, 1.165) is 0 Å². The van der Waals surface area contributed by atoms with Gasteiger partial charge in [0.05, 0.1) is 11.9 Å². The van der Waals surface area contributed by atoms with E-state index < -0.39 is 0 Å². The molecular weight excluding hydrogens is 180 g/mol. The number of hydrogen-bond donors (Lipinski definition) is 1. The average molecular weight is 196 g/mol. The maximum atomic E-state index is 11.8. The van der Waals surface area contributed by atoms with E-state index in [-0.39, 0.29) is 5.91 Å². The zero-order chi connectivity index (χ0) is 10.7. The summed E-state index contributed by atoms with van der Waals surface area (Å²) in [6, 6.07) is 0. The van der Waals surface area contributed by atoms with E-state index in [9.17, 15) is 4.79 Å². The van der Waals surface area contributed by atoms with Crippen LogP contribution in [0, 0.1) is 0 Å². The molecule has 14 heavy (non-hydrogen) atoms. The first-order valence-corrected chi connectivity index (χ1v) is 4.68. The molecule has 1 amide bonds. The van der Waals surface area contributed by atoms with Gasteiger partial charge in [0.25, 0.3) is 5.91 Å². The molecule has 0 radical (unpaired) electrons. The molecule has 0 saturated heterocycles. The van der Waals surface area contributed by atoms with Crippen LogP contribution < -0.4 is 5.73 Å². The summed E-state index contributed by atoms with van der Waals surface area (Å²) in [5.74, 6) is -0.0793. The van der Waals surface area contributed by atoms with Gasteiger partial charge < -0.3 is 10.6 Å². The quantitative estimate of drug-likeness (QED) is 0.769. The van der Waals surface area contributed by atoms with Crippen molar-refractivity contribution in [2.45, 2.75) is 20.4 Å². The summed E-state index contributed by atoms with van der Waals surface area (Å²) in [6.07, 6.45) is 1.51. The fraction of sp³-hybridized carbons (Fsp3) is 0.556. The monoisotopic (exact) mass is 196 g/mol. The largest absolute Gasteiger partial charge is 0.396 e. The van der Waals surface area contributed by atoms with Gasteiger partial charge in [-0.25, -0.2) is 0 Å². The molecule has 1 rings (SSSR count). The second kappa shape index (κ2) is 4.13. The SMILES string of the molecule is CCN(C)C(=O)c1c(N)cnn1CC. The predicted octanol–water partition coefficient (Wildman–Crippen LogP) is 0.577. The van der Waals surface area contributed by atoms with Gasteiger partial charge in [-0.15, -0.1) is 0 Å². The van der Waals surface area contributed by atoms with E-state index in [1.54, 1.807) is 16.6 Å². The minimum Gasteiger partial charge on any atom is -0.396 e. The van der Waals surface area contributed by atoms with Gasteiger partial charge in [0.1, 0.15) is 5.69 Å². The fourth-order valence-corrected chi connectivity index (χ4v) is 1.20. The Morgan fingerprint density at radius 3 is 2.79 bits per heavy atom. The highest BCUT2D eigenvalue weighted by Crippen LogP contribution is 2.12. The average Bonchev–Trinajstić information content (AvgIpc) is 2.57. The van der Waals surface area contributed by atoms with Crippen molar-refractivity contribution in [3.63, 3.8) is 0 Å². The molecule has 2 N–H and O–H groups in total. The third-order valence-corrected chi connectivity index (χ3v) is 2.19. The first kappa shape index (κ1) is 10.6.